The topological polar surface area (TPSA) is 55.6 Å². The largest absolute Gasteiger partial charge is 0.364 e. The van der Waals surface area contributed by atoms with Crippen molar-refractivity contribution in [1.29, 1.82) is 0 Å². The summed E-state index contributed by atoms with van der Waals surface area (Å²) < 4.78 is 5.68. The molecule has 4 nitrogen and oxygen atoms in total. The van der Waals surface area contributed by atoms with E-state index in [9.17, 15) is 4.79 Å². The van der Waals surface area contributed by atoms with E-state index in [-0.39, 0.29) is 18.1 Å². The fourth-order valence-corrected chi connectivity index (χ4v) is 3.11. The molecule has 2 saturated heterocycles. The summed E-state index contributed by atoms with van der Waals surface area (Å²) in [4.78, 5) is 14.3. The summed E-state index contributed by atoms with van der Waals surface area (Å²) in [5, 5.41) is 0. The Morgan fingerprint density at radius 1 is 1.28 bits per heavy atom. The number of carbonyl (C=O) groups excluding carboxylic acids is 1. The van der Waals surface area contributed by atoms with Gasteiger partial charge in [-0.3, -0.25) is 4.79 Å². The van der Waals surface area contributed by atoms with Crippen molar-refractivity contribution in [3.05, 3.63) is 0 Å². The lowest BCUT2D eigenvalue weighted by atomic mass is 9.92. The van der Waals surface area contributed by atoms with Crippen LogP contribution in [-0.2, 0) is 9.53 Å². The highest BCUT2D eigenvalue weighted by Gasteiger charge is 2.34. The summed E-state index contributed by atoms with van der Waals surface area (Å²) in [6.07, 6.45) is 6.52. The minimum atomic E-state index is -0.221. The van der Waals surface area contributed by atoms with E-state index in [1.54, 1.807) is 0 Å². The molecule has 4 heteroatoms. The van der Waals surface area contributed by atoms with Crippen LogP contribution >= 0.6 is 0 Å². The lowest BCUT2D eigenvalue weighted by Crippen LogP contribution is -2.44. The minimum Gasteiger partial charge on any atom is -0.364 e. The Bertz CT molecular complexity index is 275. The molecule has 104 valence electrons. The van der Waals surface area contributed by atoms with E-state index >= 15 is 0 Å². The maximum Gasteiger partial charge on any atom is 0.251 e. The Hall–Kier alpha value is -0.610. The average molecular weight is 254 g/mol. The van der Waals surface area contributed by atoms with Crippen molar-refractivity contribution in [2.24, 2.45) is 11.7 Å². The highest BCUT2D eigenvalue weighted by atomic mass is 16.5. The molecular formula is C14H26N2O2. The van der Waals surface area contributed by atoms with E-state index in [1.807, 2.05) is 4.90 Å². The molecule has 0 bridgehead atoms. The number of ether oxygens (including phenoxy) is 1. The van der Waals surface area contributed by atoms with Crippen LogP contribution in [0.3, 0.4) is 0 Å². The maximum absolute atomic E-state index is 12.3. The number of piperidine rings is 1. The number of nitrogens with two attached hydrogens (primary N) is 1. The summed E-state index contributed by atoms with van der Waals surface area (Å²) >= 11 is 0. The van der Waals surface area contributed by atoms with Crippen molar-refractivity contribution in [1.82, 2.24) is 4.90 Å². The molecule has 1 amide bonds. The first kappa shape index (κ1) is 13.8. The Balaban J connectivity index is 1.77. The molecule has 0 spiro atoms. The number of likely N-dealkylation sites (tertiary alicyclic amines) is 1. The first-order valence-corrected chi connectivity index (χ1v) is 7.39. The van der Waals surface area contributed by atoms with Gasteiger partial charge in [-0.2, -0.15) is 0 Å². The van der Waals surface area contributed by atoms with Gasteiger partial charge in [0.15, 0.2) is 0 Å². The van der Waals surface area contributed by atoms with Gasteiger partial charge in [0.1, 0.15) is 6.10 Å². The molecule has 0 radical (unpaired) electrons. The van der Waals surface area contributed by atoms with Crippen molar-refractivity contribution < 1.29 is 9.53 Å². The zero-order chi connectivity index (χ0) is 13.0. The van der Waals surface area contributed by atoms with Crippen molar-refractivity contribution in [3.8, 4) is 0 Å². The molecule has 0 aliphatic carbocycles. The third-order valence-electron chi connectivity index (χ3n) is 4.27. The normalized spacial score (nSPS) is 29.8. The Morgan fingerprint density at radius 3 is 2.56 bits per heavy atom. The van der Waals surface area contributed by atoms with Crippen LogP contribution in [-0.4, -0.2) is 42.6 Å². The molecule has 0 saturated carbocycles. The van der Waals surface area contributed by atoms with Crippen molar-refractivity contribution in [3.63, 3.8) is 0 Å². The molecule has 18 heavy (non-hydrogen) atoms. The van der Waals surface area contributed by atoms with Gasteiger partial charge < -0.3 is 15.4 Å². The molecule has 0 aromatic rings. The van der Waals surface area contributed by atoms with E-state index < -0.39 is 0 Å². The van der Waals surface area contributed by atoms with Gasteiger partial charge in [0.2, 0.25) is 0 Å². The molecule has 2 aliphatic heterocycles. The van der Waals surface area contributed by atoms with Crippen LogP contribution in [0.5, 0.6) is 0 Å². The number of nitrogens with zero attached hydrogens (tertiary/aromatic N) is 1. The molecule has 2 unspecified atom stereocenters. The Morgan fingerprint density at radius 2 is 2.00 bits per heavy atom. The molecule has 2 aliphatic rings. The van der Waals surface area contributed by atoms with Gasteiger partial charge in [-0.05, 0) is 31.6 Å². The molecule has 0 aromatic carbocycles. The number of carbonyl (C=O) groups is 1. The summed E-state index contributed by atoms with van der Waals surface area (Å²) in [7, 11) is 0. The van der Waals surface area contributed by atoms with Crippen molar-refractivity contribution in [2.75, 3.05) is 19.6 Å². The Kier molecular flexibility index (Phi) is 5.01. The second-order valence-corrected chi connectivity index (χ2v) is 5.62. The SMILES string of the molecule is CCCC1CCN(C(=O)C2CCC(CN)O2)CC1. The number of amides is 1. The first-order valence-electron chi connectivity index (χ1n) is 7.39. The lowest BCUT2D eigenvalue weighted by Gasteiger charge is -2.33. The monoisotopic (exact) mass is 254 g/mol. The fourth-order valence-electron chi connectivity index (χ4n) is 3.11. The predicted octanol–water partition coefficient (Wildman–Crippen LogP) is 1.53. The van der Waals surface area contributed by atoms with Crippen LogP contribution in [0.25, 0.3) is 0 Å². The average Bonchev–Trinajstić information content (AvgIpc) is 2.88. The third kappa shape index (κ3) is 3.23. The third-order valence-corrected chi connectivity index (χ3v) is 4.27. The molecule has 2 rings (SSSR count). The summed E-state index contributed by atoms with van der Waals surface area (Å²) in [5.74, 6) is 1.02. The van der Waals surface area contributed by atoms with Gasteiger partial charge in [0.25, 0.3) is 5.91 Å². The lowest BCUT2D eigenvalue weighted by molar-refractivity contribution is -0.144. The zero-order valence-corrected chi connectivity index (χ0v) is 11.4. The molecule has 0 aromatic heterocycles. The molecule has 2 N–H and O–H groups in total. The van der Waals surface area contributed by atoms with Crippen LogP contribution in [0.15, 0.2) is 0 Å². The van der Waals surface area contributed by atoms with E-state index in [0.29, 0.717) is 6.54 Å². The Labute approximate surface area is 110 Å². The van der Waals surface area contributed by atoms with Gasteiger partial charge in [-0.25, -0.2) is 0 Å². The van der Waals surface area contributed by atoms with Crippen LogP contribution in [0, 0.1) is 5.92 Å². The molecule has 2 fully saturated rings. The van der Waals surface area contributed by atoms with Crippen LogP contribution in [0.1, 0.15) is 45.4 Å². The number of rotatable bonds is 4. The van der Waals surface area contributed by atoms with Gasteiger partial charge in [-0.1, -0.05) is 19.8 Å². The quantitative estimate of drug-likeness (QED) is 0.828. The highest BCUT2D eigenvalue weighted by molar-refractivity contribution is 5.81. The fraction of sp³-hybridized carbons (Fsp3) is 0.929. The highest BCUT2D eigenvalue weighted by Crippen LogP contribution is 2.25. The predicted molar refractivity (Wildman–Crippen MR) is 71.2 cm³/mol. The number of hydrogen-bond donors (Lipinski definition) is 1. The smallest absolute Gasteiger partial charge is 0.251 e. The molecule has 2 heterocycles. The van der Waals surface area contributed by atoms with Gasteiger partial charge in [0, 0.05) is 19.6 Å². The van der Waals surface area contributed by atoms with Crippen molar-refractivity contribution in [2.45, 2.75) is 57.7 Å². The first-order chi connectivity index (χ1) is 8.74. The van der Waals surface area contributed by atoms with E-state index in [1.165, 1.54) is 12.8 Å². The van der Waals surface area contributed by atoms with Crippen LogP contribution < -0.4 is 5.73 Å². The maximum atomic E-state index is 12.3. The summed E-state index contributed by atoms with van der Waals surface area (Å²) in [5.41, 5.74) is 5.58. The van der Waals surface area contributed by atoms with Gasteiger partial charge >= 0.3 is 0 Å². The van der Waals surface area contributed by atoms with Crippen LogP contribution in [0.4, 0.5) is 0 Å². The van der Waals surface area contributed by atoms with Gasteiger partial charge in [0.05, 0.1) is 6.10 Å². The zero-order valence-electron chi connectivity index (χ0n) is 11.4. The molecular weight excluding hydrogens is 228 g/mol. The second kappa shape index (κ2) is 6.53. The number of hydrogen-bond acceptors (Lipinski definition) is 3. The summed E-state index contributed by atoms with van der Waals surface area (Å²) in [6.45, 7) is 4.59. The van der Waals surface area contributed by atoms with E-state index in [4.69, 9.17) is 10.5 Å². The van der Waals surface area contributed by atoms with Crippen LogP contribution in [0.2, 0.25) is 0 Å². The van der Waals surface area contributed by atoms with E-state index in [2.05, 4.69) is 6.92 Å². The standard InChI is InChI=1S/C14H26N2O2/c1-2-3-11-6-8-16(9-7-11)14(17)13-5-4-12(10-15)18-13/h11-13H,2-10,15H2,1H3. The van der Waals surface area contributed by atoms with E-state index in [0.717, 1.165) is 44.7 Å². The second-order valence-electron chi connectivity index (χ2n) is 5.62. The minimum absolute atomic E-state index is 0.0941. The molecule has 2 atom stereocenters. The van der Waals surface area contributed by atoms with Crippen molar-refractivity contribution >= 4 is 5.91 Å². The van der Waals surface area contributed by atoms with Gasteiger partial charge in [-0.15, -0.1) is 0 Å². The summed E-state index contributed by atoms with van der Waals surface area (Å²) in [6, 6.07) is 0.